The highest BCUT2D eigenvalue weighted by Gasteiger charge is 2.34. The molecule has 30 heavy (non-hydrogen) atoms. The second-order valence-electron chi connectivity index (χ2n) is 7.79. The zero-order valence-electron chi connectivity index (χ0n) is 16.7. The van der Waals surface area contributed by atoms with Gasteiger partial charge in [0.25, 0.3) is 5.91 Å². The number of carbonyl (C=O) groups excluding carboxylic acids is 1. The first-order valence-electron chi connectivity index (χ1n) is 10.2. The smallest absolute Gasteiger partial charge is 0.281 e. The summed E-state index contributed by atoms with van der Waals surface area (Å²) < 4.78 is 6.54. The van der Waals surface area contributed by atoms with Crippen LogP contribution >= 0.6 is 11.3 Å². The Labute approximate surface area is 178 Å². The fourth-order valence-corrected chi connectivity index (χ4v) is 5.20. The summed E-state index contributed by atoms with van der Waals surface area (Å²) in [6.45, 7) is 3.40. The van der Waals surface area contributed by atoms with Crippen molar-refractivity contribution in [1.29, 1.82) is 0 Å². The number of nitrogens with one attached hydrogen (secondary N) is 2. The summed E-state index contributed by atoms with van der Waals surface area (Å²) in [7, 11) is 0. The van der Waals surface area contributed by atoms with E-state index < -0.39 is 0 Å². The van der Waals surface area contributed by atoms with E-state index in [0.717, 1.165) is 35.5 Å². The van der Waals surface area contributed by atoms with Crippen molar-refractivity contribution in [3.63, 3.8) is 0 Å². The lowest BCUT2D eigenvalue weighted by Crippen LogP contribution is -3.11. The Morgan fingerprint density at radius 1 is 1.23 bits per heavy atom. The molecule has 152 valence electrons. The topological polar surface area (TPSA) is 72.5 Å². The number of hydrogen-bond donors (Lipinski definition) is 2. The Kier molecular flexibility index (Phi) is 5.06. The van der Waals surface area contributed by atoms with E-state index in [9.17, 15) is 4.79 Å². The molecule has 1 amide bonds. The molecule has 3 heterocycles. The first kappa shape index (κ1) is 19.0. The van der Waals surface area contributed by atoms with Crippen LogP contribution in [0.5, 0.6) is 0 Å². The minimum atomic E-state index is -0.0652. The Morgan fingerprint density at radius 2 is 2.07 bits per heavy atom. The Bertz CT molecular complexity index is 1150. The number of aromatic nitrogens is 2. The van der Waals surface area contributed by atoms with Crippen molar-refractivity contribution in [2.45, 2.75) is 25.8 Å². The van der Waals surface area contributed by atoms with E-state index in [0.29, 0.717) is 18.1 Å². The number of hydrogen-bond acceptors (Lipinski definition) is 5. The highest BCUT2D eigenvalue weighted by Crippen LogP contribution is 2.28. The average Bonchev–Trinajstić information content (AvgIpc) is 3.47. The molecule has 2 aromatic heterocycles. The zero-order chi connectivity index (χ0) is 20.5. The van der Waals surface area contributed by atoms with Gasteiger partial charge in [0, 0.05) is 24.5 Å². The van der Waals surface area contributed by atoms with E-state index in [4.69, 9.17) is 9.51 Å². The summed E-state index contributed by atoms with van der Waals surface area (Å²) in [5.41, 5.74) is 3.91. The molecular weight excluding hydrogens is 396 g/mol. The molecule has 0 radical (unpaired) electrons. The highest BCUT2D eigenvalue weighted by atomic mass is 32.1. The van der Waals surface area contributed by atoms with Crippen LogP contribution in [0.15, 0.2) is 59.1 Å². The molecule has 1 unspecified atom stereocenters. The maximum atomic E-state index is 12.7. The molecule has 2 aromatic carbocycles. The predicted octanol–water partition coefficient (Wildman–Crippen LogP) is 3.62. The van der Waals surface area contributed by atoms with E-state index in [1.54, 1.807) is 17.4 Å². The first-order chi connectivity index (χ1) is 14.7. The van der Waals surface area contributed by atoms with Crippen molar-refractivity contribution >= 4 is 33.3 Å². The molecule has 0 saturated carbocycles. The van der Waals surface area contributed by atoms with Gasteiger partial charge in [-0.3, -0.25) is 10.1 Å². The SMILES string of the molecule is Cc1ccc(-c2cc(NC(=O)C[NH+]3CCC[C@H]3c3nc4ccccc4s3)on2)cc1. The van der Waals surface area contributed by atoms with Gasteiger partial charge in [-0.2, -0.15) is 0 Å². The number of amides is 1. The standard InChI is InChI=1S/C23H22N4O2S/c1-15-8-10-16(11-9-15)18-13-22(29-26-18)25-21(28)14-27-12-4-6-19(27)23-24-17-5-2-3-7-20(17)30-23/h2-3,5,7-11,13,19H,4,6,12,14H2,1H3,(H,25,28)/p+1/t19-/m0/s1. The maximum Gasteiger partial charge on any atom is 0.281 e. The monoisotopic (exact) mass is 419 g/mol. The van der Waals surface area contributed by atoms with Crippen LogP contribution in [0.25, 0.3) is 21.5 Å². The van der Waals surface area contributed by atoms with Gasteiger partial charge in [0.2, 0.25) is 5.88 Å². The van der Waals surface area contributed by atoms with Crippen molar-refractivity contribution in [3.8, 4) is 11.3 Å². The number of aryl methyl sites for hydroxylation is 1. The molecule has 0 spiro atoms. The van der Waals surface area contributed by atoms with Gasteiger partial charge in [-0.15, -0.1) is 11.3 Å². The number of likely N-dealkylation sites (tertiary alicyclic amines) is 1. The summed E-state index contributed by atoms with van der Waals surface area (Å²) >= 11 is 1.74. The number of anilines is 1. The quantitative estimate of drug-likeness (QED) is 0.518. The third kappa shape index (κ3) is 3.86. The number of fused-ring (bicyclic) bond motifs is 1. The molecule has 1 aliphatic heterocycles. The summed E-state index contributed by atoms with van der Waals surface area (Å²) in [5, 5.41) is 8.07. The molecule has 0 bridgehead atoms. The number of rotatable bonds is 5. The van der Waals surface area contributed by atoms with Gasteiger partial charge < -0.3 is 9.42 Å². The number of thiazole rings is 1. The molecule has 1 aliphatic rings. The van der Waals surface area contributed by atoms with Gasteiger partial charge in [-0.05, 0) is 19.1 Å². The summed E-state index contributed by atoms with van der Waals surface area (Å²) in [6, 6.07) is 18.3. The molecule has 1 fully saturated rings. The van der Waals surface area contributed by atoms with Crippen LogP contribution in [-0.4, -0.2) is 29.1 Å². The minimum absolute atomic E-state index is 0.0652. The minimum Gasteiger partial charge on any atom is -0.338 e. The largest absolute Gasteiger partial charge is 0.338 e. The number of nitrogens with zero attached hydrogens (tertiary/aromatic N) is 2. The lowest BCUT2D eigenvalue weighted by atomic mass is 10.1. The molecular formula is C23H23N4O2S+. The molecule has 0 aliphatic carbocycles. The number of para-hydroxylation sites is 1. The van der Waals surface area contributed by atoms with Crippen LogP contribution < -0.4 is 10.2 Å². The normalized spacial score (nSPS) is 18.7. The van der Waals surface area contributed by atoms with E-state index in [-0.39, 0.29) is 11.9 Å². The second kappa shape index (κ2) is 8.01. The lowest BCUT2D eigenvalue weighted by Gasteiger charge is -2.18. The van der Waals surface area contributed by atoms with Crippen molar-refractivity contribution in [1.82, 2.24) is 10.1 Å². The molecule has 2 atom stereocenters. The summed E-state index contributed by atoms with van der Waals surface area (Å²) in [5.74, 6) is 0.315. The fourth-order valence-electron chi connectivity index (χ4n) is 4.04. The predicted molar refractivity (Wildman–Crippen MR) is 118 cm³/mol. The molecule has 6 nitrogen and oxygen atoms in total. The molecule has 4 aromatic rings. The number of benzene rings is 2. The summed E-state index contributed by atoms with van der Waals surface area (Å²) in [4.78, 5) is 18.7. The van der Waals surface area contributed by atoms with Crippen LogP contribution in [0, 0.1) is 6.92 Å². The lowest BCUT2D eigenvalue weighted by molar-refractivity contribution is -0.910. The van der Waals surface area contributed by atoms with E-state index in [1.165, 1.54) is 15.2 Å². The van der Waals surface area contributed by atoms with Crippen LogP contribution in [0.1, 0.15) is 29.5 Å². The van der Waals surface area contributed by atoms with E-state index in [1.807, 2.05) is 49.4 Å². The van der Waals surface area contributed by atoms with Crippen LogP contribution in [0.4, 0.5) is 5.88 Å². The van der Waals surface area contributed by atoms with Gasteiger partial charge in [0.05, 0.1) is 16.8 Å². The third-order valence-electron chi connectivity index (χ3n) is 5.60. The molecule has 1 saturated heterocycles. The van der Waals surface area contributed by atoms with Gasteiger partial charge in [0.1, 0.15) is 11.7 Å². The van der Waals surface area contributed by atoms with Crippen molar-refractivity contribution in [2.75, 3.05) is 18.4 Å². The van der Waals surface area contributed by atoms with E-state index in [2.05, 4.69) is 16.5 Å². The average molecular weight is 420 g/mol. The van der Waals surface area contributed by atoms with Crippen LogP contribution in [-0.2, 0) is 4.79 Å². The maximum absolute atomic E-state index is 12.7. The Morgan fingerprint density at radius 3 is 2.90 bits per heavy atom. The first-order valence-corrected chi connectivity index (χ1v) is 11.0. The Balaban J connectivity index is 1.25. The van der Waals surface area contributed by atoms with Crippen molar-refractivity contribution in [3.05, 3.63) is 65.2 Å². The molecule has 5 rings (SSSR count). The molecule has 7 heteroatoms. The van der Waals surface area contributed by atoms with E-state index >= 15 is 0 Å². The van der Waals surface area contributed by atoms with Gasteiger partial charge in [0.15, 0.2) is 11.6 Å². The van der Waals surface area contributed by atoms with Gasteiger partial charge in [-0.1, -0.05) is 47.1 Å². The van der Waals surface area contributed by atoms with Crippen molar-refractivity contribution in [2.24, 2.45) is 0 Å². The van der Waals surface area contributed by atoms with Gasteiger partial charge >= 0.3 is 0 Å². The third-order valence-corrected chi connectivity index (χ3v) is 6.75. The summed E-state index contributed by atoms with van der Waals surface area (Å²) in [6.07, 6.45) is 2.16. The fraction of sp³-hybridized carbons (Fsp3) is 0.261. The Hall–Kier alpha value is -3.03. The number of carbonyl (C=O) groups is 1. The molecule has 2 N–H and O–H groups in total. The van der Waals surface area contributed by atoms with Crippen molar-refractivity contribution < 1.29 is 14.2 Å². The second-order valence-corrected chi connectivity index (χ2v) is 8.85. The van der Waals surface area contributed by atoms with Gasteiger partial charge in [-0.25, -0.2) is 4.98 Å². The van der Waals surface area contributed by atoms with Crippen LogP contribution in [0.2, 0.25) is 0 Å². The van der Waals surface area contributed by atoms with Crippen LogP contribution in [0.3, 0.4) is 0 Å². The highest BCUT2D eigenvalue weighted by molar-refractivity contribution is 7.18. The zero-order valence-corrected chi connectivity index (χ0v) is 17.5. The number of quaternary nitrogens is 1.